The second-order valence-corrected chi connectivity index (χ2v) is 8.30. The van der Waals surface area contributed by atoms with E-state index in [0.717, 1.165) is 29.9 Å². The van der Waals surface area contributed by atoms with Gasteiger partial charge in [-0.1, -0.05) is 30.3 Å². The van der Waals surface area contributed by atoms with Gasteiger partial charge in [-0.3, -0.25) is 9.69 Å². The molecule has 6 heteroatoms. The quantitative estimate of drug-likeness (QED) is 0.709. The summed E-state index contributed by atoms with van der Waals surface area (Å²) in [6, 6.07) is 10.7. The third-order valence-electron chi connectivity index (χ3n) is 4.90. The fraction of sp³-hybridized carbons (Fsp3) is 0.368. The summed E-state index contributed by atoms with van der Waals surface area (Å²) in [5, 5.41) is 0. The van der Waals surface area contributed by atoms with E-state index in [9.17, 15) is 4.79 Å². The molecule has 0 unspecified atom stereocenters. The molecule has 0 saturated carbocycles. The van der Waals surface area contributed by atoms with Crippen molar-refractivity contribution in [1.82, 2.24) is 14.5 Å². The molecule has 1 aromatic carbocycles. The van der Waals surface area contributed by atoms with Gasteiger partial charge in [-0.2, -0.15) is 0 Å². The Bertz CT molecular complexity index is 1030. The van der Waals surface area contributed by atoms with E-state index in [1.165, 1.54) is 10.4 Å². The van der Waals surface area contributed by atoms with Gasteiger partial charge in [0.2, 0.25) is 5.43 Å². The number of aromatic amines is 1. The molecule has 0 bridgehead atoms. The second kappa shape index (κ2) is 6.52. The second-order valence-electron chi connectivity index (χ2n) is 6.83. The highest BCUT2D eigenvalue weighted by atomic mass is 32.1. The van der Waals surface area contributed by atoms with Crippen LogP contribution < -0.4 is 5.43 Å². The average molecular weight is 372 g/mol. The molecule has 25 heavy (non-hydrogen) atoms. The van der Waals surface area contributed by atoms with E-state index >= 15 is 0 Å². The van der Waals surface area contributed by atoms with Crippen molar-refractivity contribution in [3.8, 4) is 0 Å². The maximum atomic E-state index is 13.0. The van der Waals surface area contributed by atoms with Crippen LogP contribution in [0.25, 0.3) is 10.3 Å². The number of benzene rings is 1. The monoisotopic (exact) mass is 371 g/mol. The van der Waals surface area contributed by atoms with E-state index in [-0.39, 0.29) is 5.43 Å². The van der Waals surface area contributed by atoms with Crippen molar-refractivity contribution in [2.24, 2.45) is 0 Å². The van der Waals surface area contributed by atoms with Gasteiger partial charge in [0, 0.05) is 29.6 Å². The number of imidazole rings is 1. The van der Waals surface area contributed by atoms with Crippen molar-refractivity contribution in [3.05, 3.63) is 61.3 Å². The van der Waals surface area contributed by atoms with Crippen molar-refractivity contribution in [2.75, 3.05) is 6.54 Å². The summed E-state index contributed by atoms with van der Waals surface area (Å²) < 4.78 is 2.68. The molecule has 1 N–H and O–H groups in total. The minimum absolute atomic E-state index is 0.130. The zero-order valence-electron chi connectivity index (χ0n) is 14.4. The highest BCUT2D eigenvalue weighted by molar-refractivity contribution is 7.71. The van der Waals surface area contributed by atoms with E-state index in [0.29, 0.717) is 22.9 Å². The Balaban J connectivity index is 1.85. The molecule has 4 nitrogen and oxygen atoms in total. The van der Waals surface area contributed by atoms with Gasteiger partial charge in [-0.25, -0.2) is 0 Å². The molecule has 2 aromatic heterocycles. The van der Waals surface area contributed by atoms with Crippen LogP contribution in [0, 0.1) is 4.77 Å². The summed E-state index contributed by atoms with van der Waals surface area (Å²) in [5.74, 6) is 0. The predicted molar refractivity (Wildman–Crippen MR) is 106 cm³/mol. The first-order valence-electron chi connectivity index (χ1n) is 8.60. The highest BCUT2D eigenvalue weighted by Crippen LogP contribution is 2.28. The minimum Gasteiger partial charge on any atom is -0.327 e. The standard InChI is InChI=1S/C19H21N3OS2/c1-12(2)21-9-8-14-15(11-21)25-18-16(17(14)23)20-19(24)22(18)10-13-6-4-3-5-7-13/h3-7,12H,8-11H2,1-2H3,(H,20,24). The first kappa shape index (κ1) is 16.7. The van der Waals surface area contributed by atoms with Gasteiger partial charge in [-0.15, -0.1) is 11.3 Å². The highest BCUT2D eigenvalue weighted by Gasteiger charge is 2.24. The van der Waals surface area contributed by atoms with Crippen molar-refractivity contribution in [2.45, 2.75) is 39.4 Å². The van der Waals surface area contributed by atoms with Gasteiger partial charge in [0.15, 0.2) is 4.77 Å². The van der Waals surface area contributed by atoms with Crippen molar-refractivity contribution >= 4 is 33.9 Å². The Morgan fingerprint density at radius 1 is 1.28 bits per heavy atom. The number of rotatable bonds is 3. The lowest BCUT2D eigenvalue weighted by Crippen LogP contribution is -2.37. The molecule has 3 heterocycles. The molecule has 1 aliphatic rings. The van der Waals surface area contributed by atoms with Crippen LogP contribution in [-0.4, -0.2) is 27.0 Å². The predicted octanol–water partition coefficient (Wildman–Crippen LogP) is 3.94. The van der Waals surface area contributed by atoms with Crippen LogP contribution in [0.4, 0.5) is 0 Å². The van der Waals surface area contributed by atoms with Gasteiger partial charge in [-0.05, 0) is 38.0 Å². The fourth-order valence-corrected chi connectivity index (χ4v) is 5.03. The lowest BCUT2D eigenvalue weighted by molar-refractivity contribution is 0.205. The molecule has 0 fully saturated rings. The summed E-state index contributed by atoms with van der Waals surface area (Å²) in [7, 11) is 0. The first-order valence-corrected chi connectivity index (χ1v) is 9.82. The number of H-pyrrole nitrogens is 1. The normalized spacial score (nSPS) is 15.0. The number of hydrogen-bond acceptors (Lipinski definition) is 4. The molecular weight excluding hydrogens is 350 g/mol. The van der Waals surface area contributed by atoms with Crippen LogP contribution in [0.1, 0.15) is 29.9 Å². The minimum atomic E-state index is 0.130. The molecule has 4 rings (SSSR count). The van der Waals surface area contributed by atoms with Crippen LogP contribution in [-0.2, 0) is 19.5 Å². The number of fused-ring (bicyclic) bond motifs is 2. The van der Waals surface area contributed by atoms with E-state index in [1.807, 2.05) is 18.2 Å². The summed E-state index contributed by atoms with van der Waals surface area (Å²) >= 11 is 7.23. The lowest BCUT2D eigenvalue weighted by Gasteiger charge is -2.31. The fourth-order valence-electron chi connectivity index (χ4n) is 3.42. The lowest BCUT2D eigenvalue weighted by atomic mass is 10.1. The molecule has 130 valence electrons. The summed E-state index contributed by atoms with van der Waals surface area (Å²) in [5.41, 5.74) is 2.95. The van der Waals surface area contributed by atoms with Crippen LogP contribution in [0.5, 0.6) is 0 Å². The number of nitrogens with one attached hydrogen (secondary N) is 1. The van der Waals surface area contributed by atoms with Gasteiger partial charge in [0.25, 0.3) is 0 Å². The molecule has 3 aromatic rings. The zero-order chi connectivity index (χ0) is 17.6. The van der Waals surface area contributed by atoms with Gasteiger partial charge in [0.1, 0.15) is 10.3 Å². The Labute approximate surface area is 155 Å². The Morgan fingerprint density at radius 2 is 2.04 bits per heavy atom. The summed E-state index contributed by atoms with van der Waals surface area (Å²) in [6.07, 6.45) is 0.823. The number of aromatic nitrogens is 2. The summed E-state index contributed by atoms with van der Waals surface area (Å²) in [4.78, 5) is 20.7. The van der Waals surface area contributed by atoms with E-state index < -0.39 is 0 Å². The number of nitrogens with zero attached hydrogens (tertiary/aromatic N) is 2. The van der Waals surface area contributed by atoms with Crippen LogP contribution in [0.2, 0.25) is 0 Å². The molecule has 0 spiro atoms. The van der Waals surface area contributed by atoms with Gasteiger partial charge >= 0.3 is 0 Å². The van der Waals surface area contributed by atoms with E-state index in [2.05, 4.69) is 40.4 Å². The maximum absolute atomic E-state index is 13.0. The third-order valence-corrected chi connectivity index (χ3v) is 6.47. The molecule has 0 radical (unpaired) electrons. The van der Waals surface area contributed by atoms with Gasteiger partial charge < -0.3 is 9.55 Å². The SMILES string of the molecule is CC(C)N1CCc2c(sc3c([nH]c(=S)n3Cc3ccccc3)c2=O)C1. The van der Waals surface area contributed by atoms with Crippen molar-refractivity contribution in [3.63, 3.8) is 0 Å². The Morgan fingerprint density at radius 3 is 2.76 bits per heavy atom. The van der Waals surface area contributed by atoms with E-state index in [1.54, 1.807) is 11.3 Å². The van der Waals surface area contributed by atoms with Crippen LogP contribution >= 0.6 is 23.6 Å². The average Bonchev–Trinajstić information content (AvgIpc) is 2.92. The van der Waals surface area contributed by atoms with Crippen LogP contribution in [0.15, 0.2) is 35.1 Å². The summed E-state index contributed by atoms with van der Waals surface area (Å²) in [6.45, 7) is 6.90. The topological polar surface area (TPSA) is 41.0 Å². The van der Waals surface area contributed by atoms with Gasteiger partial charge in [0.05, 0.1) is 6.54 Å². The molecule has 1 aliphatic heterocycles. The molecule has 0 amide bonds. The Hall–Kier alpha value is -1.76. The molecule has 0 saturated heterocycles. The molecular formula is C19H21N3OS2. The van der Waals surface area contributed by atoms with Crippen molar-refractivity contribution < 1.29 is 0 Å². The van der Waals surface area contributed by atoms with Crippen LogP contribution in [0.3, 0.4) is 0 Å². The van der Waals surface area contributed by atoms with Crippen molar-refractivity contribution in [1.29, 1.82) is 0 Å². The largest absolute Gasteiger partial charge is 0.327 e. The third kappa shape index (κ3) is 2.99. The molecule has 0 atom stereocenters. The smallest absolute Gasteiger partial charge is 0.209 e. The first-order chi connectivity index (χ1) is 12.0. The molecule has 0 aliphatic carbocycles. The number of hydrogen-bond donors (Lipinski definition) is 1. The zero-order valence-corrected chi connectivity index (χ0v) is 16.0. The maximum Gasteiger partial charge on any atom is 0.209 e. The van der Waals surface area contributed by atoms with E-state index in [4.69, 9.17) is 12.2 Å². The Kier molecular flexibility index (Phi) is 4.35.